The first-order chi connectivity index (χ1) is 24.2. The zero-order valence-electron chi connectivity index (χ0n) is 31.6. The third-order valence-corrected chi connectivity index (χ3v) is 19.0. The van der Waals surface area contributed by atoms with E-state index in [9.17, 15) is 14.7 Å². The third kappa shape index (κ3) is 5.43. The molecular weight excluding hydrogens is 669 g/mol. The van der Waals surface area contributed by atoms with Crippen LogP contribution in [0.5, 0.6) is 0 Å². The van der Waals surface area contributed by atoms with E-state index < -0.39 is 5.97 Å². The van der Waals surface area contributed by atoms with Crippen molar-refractivity contribution in [1.29, 1.82) is 0 Å². The van der Waals surface area contributed by atoms with Gasteiger partial charge in [0.15, 0.2) is 0 Å². The number of hydrogen-bond acceptors (Lipinski definition) is 4. The Bertz CT molecular complexity index is 1720. The Kier molecular flexibility index (Phi) is 8.90. The van der Waals surface area contributed by atoms with Gasteiger partial charge in [-0.3, -0.25) is 9.69 Å². The summed E-state index contributed by atoms with van der Waals surface area (Å²) in [6.07, 6.45) is 14.6. The largest absolute Gasteiger partial charge is 0.478 e. The number of nitrogens with one attached hydrogen (secondary N) is 1. The van der Waals surface area contributed by atoms with Gasteiger partial charge in [-0.05, 0) is 138 Å². The highest BCUT2D eigenvalue weighted by Crippen LogP contribution is 2.76. The van der Waals surface area contributed by atoms with Gasteiger partial charge in [0, 0.05) is 35.0 Å². The molecule has 5 fully saturated rings. The first-order valence-corrected chi connectivity index (χ1v) is 22.5. The number of aromatic carboxylic acids is 1. The number of benzene rings is 1. The van der Waals surface area contributed by atoms with Crippen LogP contribution in [0.4, 0.5) is 0 Å². The molecule has 1 aromatic carbocycles. The highest BCUT2D eigenvalue weighted by Gasteiger charge is 2.69. The monoisotopic (exact) mass is 728 g/mol. The molecule has 0 bridgehead atoms. The highest BCUT2D eigenvalue weighted by molar-refractivity contribution is 8.14. The second-order valence-electron chi connectivity index (χ2n) is 18.7. The van der Waals surface area contributed by atoms with E-state index in [4.69, 9.17) is 0 Å². The number of fused-ring (bicyclic) bond motifs is 7. The second-order valence-corrected chi connectivity index (χ2v) is 21.7. The van der Waals surface area contributed by atoms with Crippen LogP contribution in [-0.2, 0) is 4.79 Å². The van der Waals surface area contributed by atoms with Crippen molar-refractivity contribution in [2.24, 2.45) is 45.3 Å². The first kappa shape index (κ1) is 35.8. The van der Waals surface area contributed by atoms with Crippen LogP contribution >= 0.6 is 21.8 Å². The molecule has 1 saturated heterocycles. The predicted octanol–water partition coefficient (Wildman–Crippen LogP) is 9.92. The summed E-state index contributed by atoms with van der Waals surface area (Å²) in [7, 11) is 0.219. The van der Waals surface area contributed by atoms with Crippen molar-refractivity contribution in [3.05, 3.63) is 63.9 Å². The standard InChI is InChI=1S/C44H60N2O3S2/c1-40(2)31(29-11-13-30(14-12-29)39(48)49)17-20-41(3)35(40)18-21-43(5)36(41)16-15-32-33-9-7-19-44(33,23-22-42(32,43)4)45-38(47)37(34-10-8-26-50-34)46-24-27-51(6)28-25-46/h8,10-14,17,26,32-33,35-37H,6-7,9,15-16,18-25,27-28H2,1-5H3,(H,45,47)(H,48,49)/t32-,33?,35?,36?,37?,41+,42-,43-,44+/m1/s1. The lowest BCUT2D eigenvalue weighted by Crippen LogP contribution is -2.68. The predicted molar refractivity (Wildman–Crippen MR) is 214 cm³/mol. The molecular formula is C44H60N2O3S2. The number of amides is 1. The maximum absolute atomic E-state index is 14.6. The van der Waals surface area contributed by atoms with Gasteiger partial charge < -0.3 is 10.4 Å². The van der Waals surface area contributed by atoms with Crippen LogP contribution < -0.4 is 5.32 Å². The van der Waals surface area contributed by atoms with Gasteiger partial charge in [-0.25, -0.2) is 4.79 Å². The van der Waals surface area contributed by atoms with Gasteiger partial charge in [0.25, 0.3) is 0 Å². The van der Waals surface area contributed by atoms with E-state index >= 15 is 0 Å². The zero-order chi connectivity index (χ0) is 36.0. The van der Waals surface area contributed by atoms with Gasteiger partial charge in [0.2, 0.25) is 5.91 Å². The van der Waals surface area contributed by atoms with Gasteiger partial charge in [-0.1, -0.05) is 71.2 Å². The number of carbonyl (C=O) groups excluding carboxylic acids is 1. The number of hydrogen-bond donors (Lipinski definition) is 2. The summed E-state index contributed by atoms with van der Waals surface area (Å²) in [6, 6.07) is 11.7. The Balaban J connectivity index is 1.06. The van der Waals surface area contributed by atoms with Gasteiger partial charge in [-0.2, -0.15) is 10.5 Å². The molecule has 5 nitrogen and oxygen atoms in total. The maximum atomic E-state index is 14.6. The van der Waals surface area contributed by atoms with Crippen LogP contribution in [0.3, 0.4) is 0 Å². The van der Waals surface area contributed by atoms with Crippen molar-refractivity contribution in [3.63, 3.8) is 0 Å². The average Bonchev–Trinajstić information content (AvgIpc) is 3.77. The second kappa shape index (κ2) is 12.7. The lowest BCUT2D eigenvalue weighted by atomic mass is 9.33. The summed E-state index contributed by atoms with van der Waals surface area (Å²) >= 11 is 1.74. The molecule has 51 heavy (non-hydrogen) atoms. The number of rotatable bonds is 6. The maximum Gasteiger partial charge on any atom is 0.335 e. The van der Waals surface area contributed by atoms with Gasteiger partial charge in [-0.15, -0.1) is 11.3 Å². The fraction of sp³-hybridized carbons (Fsp3) is 0.659. The van der Waals surface area contributed by atoms with E-state index in [-0.39, 0.29) is 49.6 Å². The SMILES string of the molecule is C=S1CCN(C(C(=O)N[C@]23CCCC2[C@H]2CCC4[C@@]5(C)CC=C(c6ccc(C(=O)O)cc6)C(C)(C)C5CC[C@@]4(C)[C@]2(C)CC3)c2cccs2)CC1. The van der Waals surface area contributed by atoms with E-state index in [2.05, 4.69) is 74.3 Å². The van der Waals surface area contributed by atoms with E-state index in [1.807, 2.05) is 12.1 Å². The Hall–Kier alpha value is -2.22. The molecule has 6 aliphatic rings. The van der Waals surface area contributed by atoms with Gasteiger partial charge >= 0.3 is 5.97 Å². The average molecular weight is 729 g/mol. The summed E-state index contributed by atoms with van der Waals surface area (Å²) in [6.45, 7) is 14.9. The van der Waals surface area contributed by atoms with Crippen LogP contribution in [0.1, 0.15) is 126 Å². The fourth-order valence-corrected chi connectivity index (χ4v) is 15.9. The van der Waals surface area contributed by atoms with Crippen molar-refractivity contribution in [2.75, 3.05) is 24.6 Å². The molecule has 0 radical (unpaired) electrons. The number of carbonyl (C=O) groups is 2. The molecule has 5 aliphatic carbocycles. The zero-order valence-corrected chi connectivity index (χ0v) is 33.3. The Morgan fingerprint density at radius 3 is 2.33 bits per heavy atom. The van der Waals surface area contributed by atoms with Crippen LogP contribution in [0, 0.1) is 45.3 Å². The summed E-state index contributed by atoms with van der Waals surface area (Å²) in [5.74, 6) is 8.38. The highest BCUT2D eigenvalue weighted by atomic mass is 32.2. The molecule has 1 amide bonds. The minimum Gasteiger partial charge on any atom is -0.478 e. The molecule has 4 saturated carbocycles. The summed E-state index contributed by atoms with van der Waals surface area (Å²) in [5, 5.41) is 15.5. The molecule has 0 spiro atoms. The quantitative estimate of drug-likeness (QED) is 0.291. The Morgan fingerprint density at radius 2 is 1.65 bits per heavy atom. The molecule has 2 N–H and O–H groups in total. The summed E-state index contributed by atoms with van der Waals surface area (Å²) in [4.78, 5) is 29.8. The Morgan fingerprint density at radius 1 is 0.902 bits per heavy atom. The molecule has 1 aromatic heterocycles. The number of thiophene rings is 1. The lowest BCUT2D eigenvalue weighted by molar-refractivity contribution is -0.217. The van der Waals surface area contributed by atoms with Crippen LogP contribution in [0.25, 0.3) is 5.57 Å². The van der Waals surface area contributed by atoms with Crippen molar-refractivity contribution in [2.45, 2.75) is 110 Å². The smallest absolute Gasteiger partial charge is 0.335 e. The minimum atomic E-state index is -0.866. The van der Waals surface area contributed by atoms with Gasteiger partial charge in [0.1, 0.15) is 6.04 Å². The first-order valence-electron chi connectivity index (χ1n) is 19.8. The number of carboxylic acid groups (broad SMARTS) is 1. The number of carboxylic acids is 1. The van der Waals surface area contributed by atoms with E-state index in [1.54, 1.807) is 23.5 Å². The van der Waals surface area contributed by atoms with E-state index in [1.165, 1.54) is 61.0 Å². The molecule has 4 unspecified atom stereocenters. The molecule has 7 heteroatoms. The Labute approximate surface area is 313 Å². The molecule has 1 aliphatic heterocycles. The van der Waals surface area contributed by atoms with Crippen LogP contribution in [0.2, 0.25) is 0 Å². The van der Waals surface area contributed by atoms with Crippen molar-refractivity contribution in [1.82, 2.24) is 10.2 Å². The number of allylic oxidation sites excluding steroid dienone is 2. The van der Waals surface area contributed by atoms with Crippen LogP contribution in [0.15, 0.2) is 47.9 Å². The molecule has 2 aromatic rings. The normalized spacial score (nSPS) is 39.8. The minimum absolute atomic E-state index is 0.0106. The number of nitrogens with zero attached hydrogens (tertiary/aromatic N) is 1. The van der Waals surface area contributed by atoms with E-state index in [0.717, 1.165) is 43.9 Å². The molecule has 276 valence electrons. The fourth-order valence-electron chi connectivity index (χ4n) is 13.9. The third-order valence-electron chi connectivity index (χ3n) is 16.5. The van der Waals surface area contributed by atoms with Crippen molar-refractivity contribution >= 4 is 45.1 Å². The topological polar surface area (TPSA) is 69.6 Å². The molecule has 9 atom stereocenters. The van der Waals surface area contributed by atoms with Crippen LogP contribution in [-0.4, -0.2) is 57.9 Å². The van der Waals surface area contributed by atoms with Crippen molar-refractivity contribution in [3.8, 4) is 0 Å². The molecule has 2 heterocycles. The van der Waals surface area contributed by atoms with Gasteiger partial charge in [0.05, 0.1) is 5.56 Å². The van der Waals surface area contributed by atoms with E-state index in [0.29, 0.717) is 29.2 Å². The lowest BCUT2D eigenvalue weighted by Gasteiger charge is -2.72. The van der Waals surface area contributed by atoms with Crippen molar-refractivity contribution < 1.29 is 14.7 Å². The summed E-state index contributed by atoms with van der Waals surface area (Å²) in [5.41, 5.74) is 3.62. The molecule has 8 rings (SSSR count). The summed E-state index contributed by atoms with van der Waals surface area (Å²) < 4.78 is 0.